The number of pyridine rings is 1. The molecule has 7 N–H and O–H groups in total. The number of aliphatic carboxylic acids is 1. The number of benzene rings is 1. The number of ether oxygens (including phenoxy) is 2. The Morgan fingerprint density at radius 1 is 1.26 bits per heavy atom. The van der Waals surface area contributed by atoms with Gasteiger partial charge in [0, 0.05) is 30.5 Å². The highest BCUT2D eigenvalue weighted by Gasteiger charge is 2.67. The smallest absolute Gasteiger partial charge is 0.413 e. The van der Waals surface area contributed by atoms with Crippen molar-refractivity contribution in [3.05, 3.63) is 53.7 Å². The zero-order valence-electron chi connectivity index (χ0n) is 27.2. The van der Waals surface area contributed by atoms with Gasteiger partial charge in [0.1, 0.15) is 24.2 Å². The number of carbonyl (C=O) groups is 2. The summed E-state index contributed by atoms with van der Waals surface area (Å²) in [5, 5.41) is 25.7. The predicted octanol–water partition coefficient (Wildman–Crippen LogP) is 0.139. The number of rotatable bonds is 15. The third-order valence-corrected chi connectivity index (χ3v) is 9.58. The van der Waals surface area contributed by atoms with Crippen LogP contribution in [0, 0.1) is 5.92 Å². The molecular formula is C30H37N8O10S2+. The summed E-state index contributed by atoms with van der Waals surface area (Å²) in [7, 11) is -2.90. The number of carbonyl (C=O) groups excluding carboxylic acids is 1. The normalized spacial score (nSPS) is 22.2. The molecule has 18 nitrogen and oxygen atoms in total. The molecule has 2 unspecified atom stereocenters. The van der Waals surface area contributed by atoms with Crippen LogP contribution in [0.4, 0.5) is 10.9 Å². The molecule has 0 bridgehead atoms. The molecule has 268 valence electrons. The van der Waals surface area contributed by atoms with E-state index in [1.165, 1.54) is 5.38 Å². The Labute approximate surface area is 291 Å². The van der Waals surface area contributed by atoms with Crippen LogP contribution in [-0.2, 0) is 40.9 Å². The fourth-order valence-corrected chi connectivity index (χ4v) is 6.60. The number of thiazole rings is 1. The van der Waals surface area contributed by atoms with Gasteiger partial charge in [-0.1, -0.05) is 17.3 Å². The summed E-state index contributed by atoms with van der Waals surface area (Å²) >= 11 is 1.02. The van der Waals surface area contributed by atoms with E-state index in [0.29, 0.717) is 11.7 Å². The van der Waals surface area contributed by atoms with Gasteiger partial charge in [-0.3, -0.25) is 14.7 Å². The molecule has 0 radical (unpaired) electrons. The van der Waals surface area contributed by atoms with Gasteiger partial charge in [-0.15, -0.1) is 16.4 Å². The number of carboxylic acids is 1. The Bertz CT molecular complexity index is 1880. The van der Waals surface area contributed by atoms with E-state index in [0.717, 1.165) is 53.0 Å². The van der Waals surface area contributed by atoms with E-state index in [1.807, 2.05) is 36.0 Å². The van der Waals surface area contributed by atoms with Gasteiger partial charge < -0.3 is 35.8 Å². The lowest BCUT2D eigenvalue weighted by Crippen LogP contribution is -2.57. The Hall–Kier alpha value is -4.44. The molecule has 1 aromatic carbocycles. The summed E-state index contributed by atoms with van der Waals surface area (Å²) in [6.07, 6.45) is -1.18. The number of amides is 1. The van der Waals surface area contributed by atoms with E-state index < -0.39 is 64.6 Å². The van der Waals surface area contributed by atoms with Gasteiger partial charge in [0.2, 0.25) is 0 Å². The number of hydrogen-bond acceptors (Lipinski definition) is 15. The summed E-state index contributed by atoms with van der Waals surface area (Å²) in [6, 6.07) is 10.3. The summed E-state index contributed by atoms with van der Waals surface area (Å²) in [4.78, 5) is 35.0. The number of fused-ring (bicyclic) bond motifs is 1. The average molecular weight is 734 g/mol. The van der Waals surface area contributed by atoms with Gasteiger partial charge in [0.25, 0.3) is 17.8 Å². The number of nitrogens with one attached hydrogen (secondary N) is 3. The van der Waals surface area contributed by atoms with E-state index in [2.05, 4.69) is 36.4 Å². The van der Waals surface area contributed by atoms with E-state index in [9.17, 15) is 27.7 Å². The zero-order valence-corrected chi connectivity index (χ0v) is 28.8. The molecule has 3 aromatic rings. The third kappa shape index (κ3) is 7.96. The number of carboxylic acid groups (broad SMARTS) is 1. The predicted molar refractivity (Wildman–Crippen MR) is 178 cm³/mol. The molecule has 2 aromatic heterocycles. The maximum atomic E-state index is 13.5. The number of aryl methyl sites for hydroxylation is 1. The lowest BCUT2D eigenvalue weighted by Gasteiger charge is -2.35. The van der Waals surface area contributed by atoms with Crippen molar-refractivity contribution < 1.29 is 50.8 Å². The van der Waals surface area contributed by atoms with Crippen LogP contribution in [0.25, 0.3) is 11.1 Å². The van der Waals surface area contributed by atoms with Crippen LogP contribution >= 0.6 is 11.3 Å². The number of aromatic nitrogens is 2. The number of hydroxylamine groups is 2. The summed E-state index contributed by atoms with van der Waals surface area (Å²) in [5.41, 5.74) is 6.13. The molecule has 0 saturated carbocycles. The van der Waals surface area contributed by atoms with Gasteiger partial charge in [0.05, 0.1) is 31.4 Å². The third-order valence-electron chi connectivity index (χ3n) is 8.55. The molecule has 3 fully saturated rings. The van der Waals surface area contributed by atoms with E-state index >= 15 is 0 Å². The molecule has 6 rings (SSSR count). The average Bonchev–Trinajstić information content (AvgIpc) is 3.64. The van der Waals surface area contributed by atoms with Crippen molar-refractivity contribution in [3.8, 4) is 16.9 Å². The Morgan fingerprint density at radius 3 is 2.62 bits per heavy atom. The van der Waals surface area contributed by atoms with E-state index in [-0.39, 0.29) is 10.8 Å². The topological polar surface area (TPSA) is 243 Å². The minimum Gasteiger partial charge on any atom is -0.489 e. The molecule has 50 heavy (non-hydrogen) atoms. The molecule has 1 amide bonds. The van der Waals surface area contributed by atoms with E-state index in [1.54, 1.807) is 26.0 Å². The number of oxime groups is 1. The Balaban J connectivity index is 1.11. The molecule has 3 saturated heterocycles. The molecule has 0 spiro atoms. The van der Waals surface area contributed by atoms with Crippen molar-refractivity contribution in [2.45, 2.75) is 43.9 Å². The van der Waals surface area contributed by atoms with Crippen LogP contribution in [0.2, 0.25) is 0 Å². The van der Waals surface area contributed by atoms with Gasteiger partial charge in [-0.2, -0.15) is 12.7 Å². The second-order valence-corrected chi connectivity index (χ2v) is 14.4. The van der Waals surface area contributed by atoms with Crippen molar-refractivity contribution in [3.63, 3.8) is 0 Å². The van der Waals surface area contributed by atoms with Gasteiger partial charge in [0.15, 0.2) is 17.1 Å². The molecule has 4 atom stereocenters. The number of hydrogen-bond donors (Lipinski definition) is 6. The van der Waals surface area contributed by atoms with Crippen LogP contribution in [0.1, 0.15) is 19.5 Å². The zero-order chi connectivity index (χ0) is 35.8. The summed E-state index contributed by atoms with van der Waals surface area (Å²) in [6.45, 7) is 5.57. The monoisotopic (exact) mass is 733 g/mol. The fourth-order valence-electron chi connectivity index (χ4n) is 5.57. The number of nitrogen functional groups attached to an aromatic ring is 1. The molecule has 0 aliphatic carbocycles. The highest BCUT2D eigenvalue weighted by molar-refractivity contribution is 7.80. The van der Waals surface area contributed by atoms with Crippen molar-refractivity contribution in [1.29, 1.82) is 0 Å². The standard InChI is InChI=1S/C30H36N8O10S2/c1-30(2)25(24-27(46-24)38(30)48-50(42,43)44)35-26(39)23(20-15-49-29(31)34-20)36-47-21(28(40)41)14-45-19-6-4-17(5-7-19)18-8-9-37(3)22(10-18)33-13-16-11-32-12-16/h4-10,15-16,21,24-25,27,32H,11-14H2,1-3H3,(H5,31,34,35,39,40,41,42,43,44)/p+1/b36-23-/t21-,24?,25+,27?/m0/s1. The Kier molecular flexibility index (Phi) is 9.95. The number of nitrogens with zero attached hydrogens (tertiary/aromatic N) is 4. The van der Waals surface area contributed by atoms with Crippen LogP contribution in [0.5, 0.6) is 5.75 Å². The van der Waals surface area contributed by atoms with Crippen molar-refractivity contribution in [1.82, 2.24) is 20.7 Å². The molecule has 20 heteroatoms. The molecular weight excluding hydrogens is 697 g/mol. The summed E-state index contributed by atoms with van der Waals surface area (Å²) < 4.78 is 49.8. The lowest BCUT2D eigenvalue weighted by molar-refractivity contribution is -0.657. The minimum absolute atomic E-state index is 0.00802. The SMILES string of the molecule is C[n+]1ccc(-c2ccc(OC[C@H](O/N=C(\C(=O)N[C@@H]3C4OC4N(OS(=O)(=O)O)C3(C)C)c3csc(N)n3)C(=O)O)cc2)cc1NCC1CNC1. The first kappa shape index (κ1) is 35.4. The quantitative estimate of drug-likeness (QED) is 0.0400. The fraction of sp³-hybridized carbons (Fsp3) is 0.433. The molecule has 3 aliphatic heterocycles. The lowest BCUT2D eigenvalue weighted by atomic mass is 9.95. The Morgan fingerprint density at radius 2 is 2.00 bits per heavy atom. The summed E-state index contributed by atoms with van der Waals surface area (Å²) in [5.74, 6) is -0.278. The van der Waals surface area contributed by atoms with E-state index in [4.69, 9.17) is 20.0 Å². The second kappa shape index (κ2) is 14.1. The maximum Gasteiger partial charge on any atom is 0.413 e. The van der Waals surface area contributed by atoms with Gasteiger partial charge in [-0.25, -0.2) is 14.3 Å². The first-order valence-electron chi connectivity index (χ1n) is 15.5. The first-order valence-corrected chi connectivity index (χ1v) is 17.7. The van der Waals surface area contributed by atoms with Gasteiger partial charge >= 0.3 is 16.4 Å². The van der Waals surface area contributed by atoms with Crippen LogP contribution in [-0.4, -0.2) is 102 Å². The van der Waals surface area contributed by atoms with Gasteiger partial charge in [-0.05, 0) is 43.2 Å². The van der Waals surface area contributed by atoms with Crippen molar-refractivity contribution in [2.75, 3.05) is 37.3 Å². The number of epoxide rings is 1. The highest BCUT2D eigenvalue weighted by Crippen LogP contribution is 2.46. The molecule has 3 aliphatic rings. The largest absolute Gasteiger partial charge is 0.489 e. The van der Waals surface area contributed by atoms with Crippen LogP contribution in [0.15, 0.2) is 53.1 Å². The van der Waals surface area contributed by atoms with Crippen molar-refractivity contribution in [2.24, 2.45) is 18.1 Å². The number of anilines is 2. The van der Waals surface area contributed by atoms with Crippen molar-refractivity contribution >= 4 is 50.3 Å². The first-order chi connectivity index (χ1) is 23.7. The minimum atomic E-state index is -4.87. The number of nitrogens with two attached hydrogens (primary N) is 1. The van der Waals surface area contributed by atoms with Crippen LogP contribution in [0.3, 0.4) is 0 Å². The highest BCUT2D eigenvalue weighted by atomic mass is 32.3. The van der Waals surface area contributed by atoms with Crippen LogP contribution < -0.4 is 31.0 Å². The molecule has 5 heterocycles. The maximum absolute atomic E-state index is 13.5. The second-order valence-electron chi connectivity index (χ2n) is 12.5.